The second kappa shape index (κ2) is 9.09. The average molecular weight is 439 g/mol. The molecule has 0 N–H and O–H groups in total. The summed E-state index contributed by atoms with van der Waals surface area (Å²) in [7, 11) is 3.00. The van der Waals surface area contributed by atoms with Gasteiger partial charge in [-0.2, -0.15) is 0 Å². The minimum Gasteiger partial charge on any atom is -0.493 e. The fraction of sp³-hybridized carbons (Fsp3) is 0.450. The van der Waals surface area contributed by atoms with Gasteiger partial charge in [-0.15, -0.1) is 0 Å². The van der Waals surface area contributed by atoms with E-state index in [0.717, 1.165) is 35.9 Å². The van der Waals surface area contributed by atoms with E-state index in [1.165, 1.54) is 20.3 Å². The van der Waals surface area contributed by atoms with Gasteiger partial charge in [0.2, 0.25) is 5.91 Å². The first-order valence-electron chi connectivity index (χ1n) is 9.32. The molecule has 0 spiro atoms. The predicted molar refractivity (Wildman–Crippen MR) is 112 cm³/mol. The Bertz CT molecular complexity index is 873. The van der Waals surface area contributed by atoms with Gasteiger partial charge in [-0.3, -0.25) is 19.3 Å². The standard InChI is InChI=1S/C20H23ClN2O5S/c1-12-6-4-5-7-22(12)18(24)11-23-19(25)17(29-20(23)26)9-13-8-15(27-2)16(28-3)10-14(13)21/h8-10,12H,4-7,11H2,1-3H3/b17-9-/t12-/m0/s1. The van der Waals surface area contributed by atoms with Crippen LogP contribution in [0, 0.1) is 0 Å². The first-order chi connectivity index (χ1) is 13.8. The molecule has 1 aromatic rings. The maximum absolute atomic E-state index is 12.8. The van der Waals surface area contributed by atoms with Gasteiger partial charge < -0.3 is 14.4 Å². The Morgan fingerprint density at radius 2 is 1.93 bits per heavy atom. The highest BCUT2D eigenvalue weighted by molar-refractivity contribution is 8.18. The van der Waals surface area contributed by atoms with E-state index in [9.17, 15) is 14.4 Å². The molecule has 29 heavy (non-hydrogen) atoms. The first kappa shape index (κ1) is 21.5. The molecule has 2 aliphatic heterocycles. The van der Waals surface area contributed by atoms with E-state index < -0.39 is 11.1 Å². The molecule has 0 aliphatic carbocycles. The summed E-state index contributed by atoms with van der Waals surface area (Å²) in [5.74, 6) is 0.217. The van der Waals surface area contributed by atoms with E-state index in [2.05, 4.69) is 0 Å². The van der Waals surface area contributed by atoms with Crippen LogP contribution in [0.5, 0.6) is 11.5 Å². The van der Waals surface area contributed by atoms with Crippen molar-refractivity contribution in [1.29, 1.82) is 0 Å². The van der Waals surface area contributed by atoms with Crippen molar-refractivity contribution < 1.29 is 23.9 Å². The Morgan fingerprint density at radius 1 is 1.24 bits per heavy atom. The molecule has 1 aromatic carbocycles. The molecule has 0 saturated carbocycles. The van der Waals surface area contributed by atoms with Crippen molar-refractivity contribution in [2.75, 3.05) is 27.3 Å². The molecular formula is C20H23ClN2O5S. The number of ether oxygens (including phenoxy) is 2. The van der Waals surface area contributed by atoms with E-state index in [1.807, 2.05) is 6.92 Å². The zero-order valence-electron chi connectivity index (χ0n) is 16.6. The van der Waals surface area contributed by atoms with Gasteiger partial charge in [-0.1, -0.05) is 11.6 Å². The maximum Gasteiger partial charge on any atom is 0.294 e. The van der Waals surface area contributed by atoms with Gasteiger partial charge in [-0.25, -0.2) is 0 Å². The van der Waals surface area contributed by atoms with Crippen LogP contribution in [0.1, 0.15) is 31.7 Å². The maximum atomic E-state index is 12.8. The minimum atomic E-state index is -0.496. The topological polar surface area (TPSA) is 76.2 Å². The Hall–Kier alpha value is -2.19. The molecule has 9 heteroatoms. The second-order valence-corrected chi connectivity index (χ2v) is 8.33. The number of methoxy groups -OCH3 is 2. The number of amides is 3. The van der Waals surface area contributed by atoms with Crippen LogP contribution in [0.4, 0.5) is 4.79 Å². The Morgan fingerprint density at radius 3 is 2.59 bits per heavy atom. The molecule has 0 radical (unpaired) electrons. The number of carbonyl (C=O) groups is 3. The molecule has 0 unspecified atom stereocenters. The van der Waals surface area contributed by atoms with Crippen molar-refractivity contribution in [1.82, 2.24) is 9.80 Å². The fourth-order valence-electron chi connectivity index (χ4n) is 3.45. The van der Waals surface area contributed by atoms with E-state index in [4.69, 9.17) is 21.1 Å². The Balaban J connectivity index is 1.79. The molecule has 2 saturated heterocycles. The lowest BCUT2D eigenvalue weighted by Crippen LogP contribution is -2.47. The third-order valence-electron chi connectivity index (χ3n) is 5.08. The number of halogens is 1. The molecule has 3 rings (SSSR count). The summed E-state index contributed by atoms with van der Waals surface area (Å²) in [6.45, 7) is 2.41. The third-order valence-corrected chi connectivity index (χ3v) is 6.31. The Kier molecular flexibility index (Phi) is 6.74. The van der Waals surface area contributed by atoms with Crippen LogP contribution < -0.4 is 9.47 Å². The summed E-state index contributed by atoms with van der Waals surface area (Å²) in [5.41, 5.74) is 0.519. The van der Waals surface area contributed by atoms with Crippen LogP contribution in [0.2, 0.25) is 5.02 Å². The second-order valence-electron chi connectivity index (χ2n) is 6.93. The van der Waals surface area contributed by atoms with Gasteiger partial charge in [0.1, 0.15) is 6.54 Å². The number of benzene rings is 1. The number of hydrogen-bond donors (Lipinski definition) is 0. The molecule has 2 fully saturated rings. The van der Waals surface area contributed by atoms with E-state index in [-0.39, 0.29) is 23.4 Å². The summed E-state index contributed by atoms with van der Waals surface area (Å²) in [4.78, 5) is 40.7. The van der Waals surface area contributed by atoms with E-state index in [1.54, 1.807) is 17.0 Å². The molecule has 156 valence electrons. The quantitative estimate of drug-likeness (QED) is 0.651. The van der Waals surface area contributed by atoms with Crippen LogP contribution in [0.25, 0.3) is 6.08 Å². The average Bonchev–Trinajstić information content (AvgIpc) is 2.96. The highest BCUT2D eigenvalue weighted by atomic mass is 35.5. The summed E-state index contributed by atoms with van der Waals surface area (Å²) < 4.78 is 10.5. The van der Waals surface area contributed by atoms with Gasteiger partial charge in [0.25, 0.3) is 11.1 Å². The van der Waals surface area contributed by atoms with Crippen LogP contribution in [0.15, 0.2) is 17.0 Å². The fourth-order valence-corrected chi connectivity index (χ4v) is 4.49. The Labute approximate surface area is 178 Å². The monoisotopic (exact) mass is 438 g/mol. The van der Waals surface area contributed by atoms with Crippen molar-refractivity contribution in [2.45, 2.75) is 32.2 Å². The van der Waals surface area contributed by atoms with Gasteiger partial charge in [0, 0.05) is 18.7 Å². The zero-order chi connectivity index (χ0) is 21.1. The van der Waals surface area contributed by atoms with Crippen molar-refractivity contribution in [3.05, 3.63) is 27.6 Å². The van der Waals surface area contributed by atoms with Crippen LogP contribution in [-0.2, 0) is 9.59 Å². The van der Waals surface area contributed by atoms with E-state index >= 15 is 0 Å². The van der Waals surface area contributed by atoms with Crippen LogP contribution in [0.3, 0.4) is 0 Å². The molecule has 1 atom stereocenters. The van der Waals surface area contributed by atoms with Crippen molar-refractivity contribution in [2.24, 2.45) is 0 Å². The predicted octanol–water partition coefficient (Wildman–Crippen LogP) is 3.79. The van der Waals surface area contributed by atoms with E-state index in [0.29, 0.717) is 28.6 Å². The lowest BCUT2D eigenvalue weighted by Gasteiger charge is -2.34. The molecular weight excluding hydrogens is 416 g/mol. The summed E-state index contributed by atoms with van der Waals surface area (Å²) in [5, 5.41) is -0.108. The largest absolute Gasteiger partial charge is 0.493 e. The van der Waals surface area contributed by atoms with Crippen LogP contribution in [-0.4, -0.2) is 60.2 Å². The van der Waals surface area contributed by atoms with Gasteiger partial charge in [-0.05, 0) is 55.7 Å². The number of nitrogens with zero attached hydrogens (tertiary/aromatic N) is 2. The number of likely N-dealkylation sites (tertiary alicyclic amines) is 1. The van der Waals surface area contributed by atoms with Gasteiger partial charge >= 0.3 is 0 Å². The van der Waals surface area contributed by atoms with Crippen molar-refractivity contribution >= 4 is 46.5 Å². The highest BCUT2D eigenvalue weighted by Crippen LogP contribution is 2.37. The zero-order valence-corrected chi connectivity index (χ0v) is 18.1. The number of piperidine rings is 1. The molecule has 2 aliphatic rings. The molecule has 3 amide bonds. The van der Waals surface area contributed by atoms with Crippen LogP contribution >= 0.6 is 23.4 Å². The summed E-state index contributed by atoms with van der Waals surface area (Å²) in [6, 6.07) is 3.34. The molecule has 0 aromatic heterocycles. The number of rotatable bonds is 5. The van der Waals surface area contributed by atoms with Gasteiger partial charge in [0.15, 0.2) is 11.5 Å². The highest BCUT2D eigenvalue weighted by Gasteiger charge is 2.38. The normalized spacial score (nSPS) is 21.1. The van der Waals surface area contributed by atoms with Crippen molar-refractivity contribution in [3.63, 3.8) is 0 Å². The number of carbonyl (C=O) groups excluding carboxylic acids is 3. The number of hydrogen-bond acceptors (Lipinski definition) is 6. The SMILES string of the molecule is COc1cc(Cl)c(/C=C2\SC(=O)N(CC(=O)N3CCCC[C@@H]3C)C2=O)cc1OC. The molecule has 2 heterocycles. The third kappa shape index (κ3) is 4.53. The molecule has 0 bridgehead atoms. The minimum absolute atomic E-state index is 0.122. The van der Waals surface area contributed by atoms with Crippen molar-refractivity contribution in [3.8, 4) is 11.5 Å². The smallest absolute Gasteiger partial charge is 0.294 e. The summed E-state index contributed by atoms with van der Waals surface area (Å²) in [6.07, 6.45) is 4.49. The van der Waals surface area contributed by atoms with Gasteiger partial charge in [0.05, 0.1) is 24.1 Å². The number of imide groups is 1. The lowest BCUT2D eigenvalue weighted by atomic mass is 10.0. The lowest BCUT2D eigenvalue weighted by molar-refractivity contribution is -0.138. The number of thioether (sulfide) groups is 1. The summed E-state index contributed by atoms with van der Waals surface area (Å²) >= 11 is 7.07. The first-order valence-corrected chi connectivity index (χ1v) is 10.5. The molecule has 7 nitrogen and oxygen atoms in total.